The predicted octanol–water partition coefficient (Wildman–Crippen LogP) is 2.96. The molecule has 1 saturated heterocycles. The topological polar surface area (TPSA) is 49.8 Å². The van der Waals surface area contributed by atoms with Crippen LogP contribution in [0.2, 0.25) is 5.02 Å². The van der Waals surface area contributed by atoms with Crippen molar-refractivity contribution < 1.29 is 14.6 Å². The number of nitrogens with zero attached hydrogens (tertiary/aromatic N) is 1. The number of carbonyl (C=O) groups excluding carboxylic acids is 1. The van der Waals surface area contributed by atoms with E-state index in [1.807, 2.05) is 6.92 Å². The van der Waals surface area contributed by atoms with Gasteiger partial charge in [0.2, 0.25) is 0 Å². The van der Waals surface area contributed by atoms with E-state index in [-0.39, 0.29) is 17.8 Å². The molecule has 1 aromatic carbocycles. The average Bonchev–Trinajstić information content (AvgIpc) is 2.44. The molecular weight excluding hydrogens is 278 g/mol. The van der Waals surface area contributed by atoms with Gasteiger partial charge in [-0.2, -0.15) is 0 Å². The number of hydrogen-bond acceptors (Lipinski definition) is 4. The minimum Gasteiger partial charge on any atom is -0.508 e. The molecule has 1 aliphatic heterocycles. The lowest BCUT2D eigenvalue weighted by molar-refractivity contribution is -0.151. The van der Waals surface area contributed by atoms with Gasteiger partial charge in [-0.1, -0.05) is 18.0 Å². The van der Waals surface area contributed by atoms with E-state index in [9.17, 15) is 9.90 Å². The molecule has 0 radical (unpaired) electrons. The van der Waals surface area contributed by atoms with Crippen LogP contribution in [-0.4, -0.2) is 35.2 Å². The first kappa shape index (κ1) is 15.1. The Bertz CT molecular complexity index is 478. The fourth-order valence-corrected chi connectivity index (χ4v) is 2.78. The van der Waals surface area contributed by atoms with Crippen LogP contribution in [0.15, 0.2) is 18.2 Å². The highest BCUT2D eigenvalue weighted by molar-refractivity contribution is 6.30. The highest BCUT2D eigenvalue weighted by atomic mass is 35.5. The van der Waals surface area contributed by atoms with Crippen LogP contribution in [0.25, 0.3) is 0 Å². The predicted molar refractivity (Wildman–Crippen MR) is 77.8 cm³/mol. The molecule has 0 spiro atoms. The van der Waals surface area contributed by atoms with E-state index in [1.54, 1.807) is 18.2 Å². The van der Waals surface area contributed by atoms with Crippen molar-refractivity contribution >= 4 is 17.6 Å². The third kappa shape index (κ3) is 3.64. The van der Waals surface area contributed by atoms with Crippen LogP contribution < -0.4 is 0 Å². The first-order valence-corrected chi connectivity index (χ1v) is 7.37. The van der Waals surface area contributed by atoms with Gasteiger partial charge in [0.05, 0.1) is 6.61 Å². The summed E-state index contributed by atoms with van der Waals surface area (Å²) in [6, 6.07) is 4.76. The van der Waals surface area contributed by atoms with Gasteiger partial charge in [0.1, 0.15) is 11.8 Å². The fourth-order valence-electron chi connectivity index (χ4n) is 2.59. The van der Waals surface area contributed by atoms with Crippen molar-refractivity contribution in [2.45, 2.75) is 38.8 Å². The largest absolute Gasteiger partial charge is 0.508 e. The van der Waals surface area contributed by atoms with Crippen molar-refractivity contribution in [1.82, 2.24) is 4.90 Å². The van der Waals surface area contributed by atoms with Crippen molar-refractivity contribution in [2.75, 3.05) is 13.2 Å². The molecule has 1 aromatic rings. The van der Waals surface area contributed by atoms with Gasteiger partial charge in [-0.15, -0.1) is 0 Å². The number of benzene rings is 1. The van der Waals surface area contributed by atoms with Crippen LogP contribution in [-0.2, 0) is 16.1 Å². The maximum absolute atomic E-state index is 12.0. The van der Waals surface area contributed by atoms with Crippen LogP contribution in [0, 0.1) is 0 Å². The number of carbonyl (C=O) groups is 1. The molecule has 2 rings (SSSR count). The molecule has 1 N–H and O–H groups in total. The summed E-state index contributed by atoms with van der Waals surface area (Å²) in [4.78, 5) is 14.1. The molecule has 110 valence electrons. The van der Waals surface area contributed by atoms with Gasteiger partial charge >= 0.3 is 5.97 Å². The first-order chi connectivity index (χ1) is 9.61. The number of halogens is 1. The quantitative estimate of drug-likeness (QED) is 0.868. The number of rotatable bonds is 4. The summed E-state index contributed by atoms with van der Waals surface area (Å²) in [5.74, 6) is 0.0382. The number of piperidine rings is 1. The summed E-state index contributed by atoms with van der Waals surface area (Å²) in [5, 5.41) is 10.5. The van der Waals surface area contributed by atoms with Crippen molar-refractivity contribution in [2.24, 2.45) is 0 Å². The van der Waals surface area contributed by atoms with E-state index in [4.69, 9.17) is 16.3 Å². The molecule has 1 fully saturated rings. The maximum Gasteiger partial charge on any atom is 0.323 e. The molecule has 0 aromatic heterocycles. The van der Waals surface area contributed by atoms with E-state index < -0.39 is 0 Å². The highest BCUT2D eigenvalue weighted by Gasteiger charge is 2.30. The molecule has 1 atom stereocenters. The molecule has 0 saturated carbocycles. The molecular formula is C15H20ClNO3. The van der Waals surface area contributed by atoms with E-state index in [2.05, 4.69) is 4.90 Å². The summed E-state index contributed by atoms with van der Waals surface area (Å²) >= 11 is 5.96. The van der Waals surface area contributed by atoms with Crippen LogP contribution in [0.4, 0.5) is 0 Å². The zero-order chi connectivity index (χ0) is 14.5. The molecule has 1 heterocycles. The Balaban J connectivity index is 2.12. The number of ether oxygens (including phenoxy) is 1. The summed E-state index contributed by atoms with van der Waals surface area (Å²) in [7, 11) is 0. The molecule has 4 nitrogen and oxygen atoms in total. The van der Waals surface area contributed by atoms with E-state index in [1.165, 1.54) is 0 Å². The minimum atomic E-state index is -0.220. The molecule has 5 heteroatoms. The second-order valence-corrected chi connectivity index (χ2v) is 5.44. The Hall–Kier alpha value is -1.26. The number of likely N-dealkylation sites (tertiary alicyclic amines) is 1. The van der Waals surface area contributed by atoms with Crippen molar-refractivity contribution in [3.05, 3.63) is 28.8 Å². The number of phenolic OH excluding ortho intramolecular Hbond substituents is 1. The normalized spacial score (nSPS) is 19.8. The smallest absolute Gasteiger partial charge is 0.323 e. The van der Waals surface area contributed by atoms with Gasteiger partial charge in [0, 0.05) is 17.1 Å². The van der Waals surface area contributed by atoms with Gasteiger partial charge in [-0.05, 0) is 44.5 Å². The van der Waals surface area contributed by atoms with E-state index >= 15 is 0 Å². The summed E-state index contributed by atoms with van der Waals surface area (Å²) in [6.45, 7) is 3.55. The standard InChI is InChI=1S/C15H20ClNO3/c1-2-20-15(19)13-5-3-4-8-17(13)10-11-9-12(16)6-7-14(11)18/h6-7,9,13,18H,2-5,8,10H2,1H3/t13-/m0/s1. The molecule has 20 heavy (non-hydrogen) atoms. The molecule has 0 aliphatic carbocycles. The van der Waals surface area contributed by atoms with Crippen LogP contribution in [0.5, 0.6) is 5.75 Å². The Kier molecular flexibility index (Phi) is 5.26. The lowest BCUT2D eigenvalue weighted by atomic mass is 10.0. The average molecular weight is 298 g/mol. The lowest BCUT2D eigenvalue weighted by Crippen LogP contribution is -2.44. The number of esters is 1. The summed E-state index contributed by atoms with van der Waals surface area (Å²) in [5.41, 5.74) is 0.744. The Morgan fingerprint density at radius 3 is 3.05 bits per heavy atom. The Morgan fingerprint density at radius 2 is 2.30 bits per heavy atom. The Labute approximate surface area is 124 Å². The molecule has 0 unspecified atom stereocenters. The van der Waals surface area contributed by atoms with Gasteiger partial charge in [0.25, 0.3) is 0 Å². The SMILES string of the molecule is CCOC(=O)[C@@H]1CCCCN1Cc1cc(Cl)ccc1O. The van der Waals surface area contributed by atoms with Gasteiger partial charge in [-0.25, -0.2) is 0 Å². The van der Waals surface area contributed by atoms with Gasteiger partial charge in [0.15, 0.2) is 0 Å². The summed E-state index contributed by atoms with van der Waals surface area (Å²) in [6.07, 6.45) is 2.89. The minimum absolute atomic E-state index is 0.172. The third-order valence-electron chi connectivity index (χ3n) is 3.59. The zero-order valence-corrected chi connectivity index (χ0v) is 12.4. The zero-order valence-electron chi connectivity index (χ0n) is 11.6. The van der Waals surface area contributed by atoms with Crippen molar-refractivity contribution in [1.29, 1.82) is 0 Å². The van der Waals surface area contributed by atoms with E-state index in [0.29, 0.717) is 18.2 Å². The van der Waals surface area contributed by atoms with Gasteiger partial charge in [-0.3, -0.25) is 9.69 Å². The van der Waals surface area contributed by atoms with Gasteiger partial charge < -0.3 is 9.84 Å². The molecule has 1 aliphatic rings. The van der Waals surface area contributed by atoms with Crippen LogP contribution >= 0.6 is 11.6 Å². The van der Waals surface area contributed by atoms with Crippen LogP contribution in [0.1, 0.15) is 31.7 Å². The van der Waals surface area contributed by atoms with Crippen molar-refractivity contribution in [3.8, 4) is 5.75 Å². The monoisotopic (exact) mass is 297 g/mol. The first-order valence-electron chi connectivity index (χ1n) is 7.00. The highest BCUT2D eigenvalue weighted by Crippen LogP contribution is 2.26. The fraction of sp³-hybridized carbons (Fsp3) is 0.533. The lowest BCUT2D eigenvalue weighted by Gasteiger charge is -2.34. The van der Waals surface area contributed by atoms with E-state index in [0.717, 1.165) is 31.4 Å². The number of aromatic hydroxyl groups is 1. The maximum atomic E-state index is 12.0. The molecule has 0 amide bonds. The van der Waals surface area contributed by atoms with Crippen molar-refractivity contribution in [3.63, 3.8) is 0 Å². The Morgan fingerprint density at radius 1 is 1.50 bits per heavy atom. The number of hydrogen-bond donors (Lipinski definition) is 1. The second kappa shape index (κ2) is 6.95. The summed E-state index contributed by atoms with van der Waals surface area (Å²) < 4.78 is 5.13. The second-order valence-electron chi connectivity index (χ2n) is 5.01. The molecule has 0 bridgehead atoms. The number of phenols is 1. The van der Waals surface area contributed by atoms with Crippen LogP contribution in [0.3, 0.4) is 0 Å². The third-order valence-corrected chi connectivity index (χ3v) is 3.82.